The molecule has 1 aromatic heterocycles. The number of sulfonamides is 1. The van der Waals surface area contributed by atoms with Crippen LogP contribution in [0.5, 0.6) is 0 Å². The van der Waals surface area contributed by atoms with Gasteiger partial charge in [-0.3, -0.25) is 9.52 Å². The highest BCUT2D eigenvalue weighted by molar-refractivity contribution is 7.92. The second-order valence-electron chi connectivity index (χ2n) is 6.30. The van der Waals surface area contributed by atoms with Crippen molar-refractivity contribution in [1.29, 1.82) is 0 Å². The maximum atomic E-state index is 12.7. The number of aromatic nitrogens is 1. The van der Waals surface area contributed by atoms with Gasteiger partial charge in [-0.25, -0.2) is 13.4 Å². The van der Waals surface area contributed by atoms with Gasteiger partial charge in [0.2, 0.25) is 5.91 Å². The number of rotatable bonds is 4. The summed E-state index contributed by atoms with van der Waals surface area (Å²) in [7, 11) is -3.71. The molecule has 1 amide bonds. The number of aryl methyl sites for hydroxylation is 2. The first-order chi connectivity index (χ1) is 12.9. The van der Waals surface area contributed by atoms with Crippen LogP contribution < -0.4 is 10.0 Å². The van der Waals surface area contributed by atoms with Crippen molar-refractivity contribution >= 4 is 38.6 Å². The Kier molecular flexibility index (Phi) is 4.45. The fraction of sp³-hybridized carbons (Fsp3) is 0.158. The number of anilines is 2. The summed E-state index contributed by atoms with van der Waals surface area (Å²) in [6.07, 6.45) is 0.897. The molecule has 3 aromatic rings. The van der Waals surface area contributed by atoms with E-state index in [9.17, 15) is 13.2 Å². The first-order valence-electron chi connectivity index (χ1n) is 8.39. The number of hydrogen-bond donors (Lipinski definition) is 2. The molecule has 0 aliphatic carbocycles. The molecule has 4 rings (SSSR count). The molecule has 2 heterocycles. The van der Waals surface area contributed by atoms with Crippen LogP contribution in [-0.2, 0) is 21.2 Å². The Labute approximate surface area is 161 Å². The topological polar surface area (TPSA) is 88.2 Å². The zero-order valence-corrected chi connectivity index (χ0v) is 16.2. The molecule has 0 unspecified atom stereocenters. The summed E-state index contributed by atoms with van der Waals surface area (Å²) in [4.78, 5) is 16.0. The van der Waals surface area contributed by atoms with Crippen LogP contribution in [0.25, 0.3) is 11.3 Å². The van der Waals surface area contributed by atoms with Gasteiger partial charge < -0.3 is 5.32 Å². The highest BCUT2D eigenvalue weighted by atomic mass is 32.2. The lowest BCUT2D eigenvalue weighted by Gasteiger charge is -2.18. The summed E-state index contributed by atoms with van der Waals surface area (Å²) >= 11 is 1.57. The van der Waals surface area contributed by atoms with Crippen molar-refractivity contribution < 1.29 is 13.2 Å². The fourth-order valence-corrected chi connectivity index (χ4v) is 4.68. The predicted molar refractivity (Wildman–Crippen MR) is 106 cm³/mol. The van der Waals surface area contributed by atoms with Gasteiger partial charge in [0.1, 0.15) is 0 Å². The molecule has 0 saturated heterocycles. The Morgan fingerprint density at radius 2 is 1.89 bits per heavy atom. The third kappa shape index (κ3) is 3.72. The zero-order valence-electron chi connectivity index (χ0n) is 14.5. The largest absolute Gasteiger partial charge is 0.326 e. The van der Waals surface area contributed by atoms with Crippen molar-refractivity contribution in [2.45, 2.75) is 24.7 Å². The van der Waals surface area contributed by atoms with E-state index >= 15 is 0 Å². The van der Waals surface area contributed by atoms with Gasteiger partial charge in [-0.15, -0.1) is 11.3 Å². The van der Waals surface area contributed by atoms with E-state index in [0.29, 0.717) is 24.2 Å². The minimum atomic E-state index is -3.71. The van der Waals surface area contributed by atoms with Crippen LogP contribution in [0.2, 0.25) is 0 Å². The molecule has 0 saturated carbocycles. The summed E-state index contributed by atoms with van der Waals surface area (Å²) in [6, 6.07) is 11.9. The second-order valence-corrected chi connectivity index (χ2v) is 9.05. The normalized spacial score (nSPS) is 13.7. The molecule has 2 N–H and O–H groups in total. The van der Waals surface area contributed by atoms with E-state index in [1.54, 1.807) is 35.6 Å². The summed E-state index contributed by atoms with van der Waals surface area (Å²) in [5.74, 6) is -0.0494. The highest BCUT2D eigenvalue weighted by Gasteiger charge is 2.20. The van der Waals surface area contributed by atoms with Gasteiger partial charge in [0.15, 0.2) is 0 Å². The zero-order chi connectivity index (χ0) is 19.0. The van der Waals surface area contributed by atoms with Gasteiger partial charge in [-0.1, -0.05) is 12.1 Å². The number of thiazole rings is 1. The van der Waals surface area contributed by atoms with E-state index in [1.165, 1.54) is 6.07 Å². The van der Waals surface area contributed by atoms with Crippen LogP contribution in [-0.4, -0.2) is 19.3 Å². The molecule has 2 aromatic carbocycles. The first kappa shape index (κ1) is 17.7. The second kappa shape index (κ2) is 6.79. The molecule has 0 radical (unpaired) electrons. The number of nitrogens with one attached hydrogen (secondary N) is 2. The summed E-state index contributed by atoms with van der Waals surface area (Å²) in [5.41, 5.74) is 3.80. The molecule has 6 nitrogen and oxygen atoms in total. The Hall–Kier alpha value is -2.71. The predicted octanol–water partition coefficient (Wildman–Crippen LogP) is 3.80. The highest BCUT2D eigenvalue weighted by Crippen LogP contribution is 2.27. The van der Waals surface area contributed by atoms with Crippen molar-refractivity contribution in [1.82, 2.24) is 4.98 Å². The number of fused-ring (bicyclic) bond motifs is 1. The van der Waals surface area contributed by atoms with Crippen LogP contribution in [0, 0.1) is 6.92 Å². The van der Waals surface area contributed by atoms with Crippen LogP contribution in [0.15, 0.2) is 52.7 Å². The van der Waals surface area contributed by atoms with E-state index in [2.05, 4.69) is 15.0 Å². The average molecular weight is 399 g/mol. The summed E-state index contributed by atoms with van der Waals surface area (Å²) < 4.78 is 28.0. The Balaban J connectivity index is 1.55. The SMILES string of the molecule is Cc1nc(-c2ccc(NS(=O)(=O)c3ccc4c(c3)CCC(=O)N4)cc2)cs1. The van der Waals surface area contributed by atoms with E-state index in [1.807, 2.05) is 24.4 Å². The van der Waals surface area contributed by atoms with Crippen molar-refractivity contribution in [2.24, 2.45) is 0 Å². The number of nitrogens with zero attached hydrogens (tertiary/aromatic N) is 1. The molecule has 0 spiro atoms. The lowest BCUT2D eigenvalue weighted by Crippen LogP contribution is -2.20. The summed E-state index contributed by atoms with van der Waals surface area (Å²) in [6.45, 7) is 1.95. The smallest absolute Gasteiger partial charge is 0.261 e. The number of hydrogen-bond acceptors (Lipinski definition) is 5. The van der Waals surface area contributed by atoms with Gasteiger partial charge >= 0.3 is 0 Å². The Morgan fingerprint density at radius 3 is 2.59 bits per heavy atom. The monoisotopic (exact) mass is 399 g/mol. The molecule has 1 aliphatic rings. The molecule has 0 bridgehead atoms. The van der Waals surface area contributed by atoms with Crippen molar-refractivity contribution in [3.63, 3.8) is 0 Å². The maximum absolute atomic E-state index is 12.7. The van der Waals surface area contributed by atoms with Crippen LogP contribution in [0.1, 0.15) is 17.0 Å². The summed E-state index contributed by atoms with van der Waals surface area (Å²) in [5, 5.41) is 5.71. The molecular formula is C19H17N3O3S2. The number of benzene rings is 2. The molecule has 27 heavy (non-hydrogen) atoms. The third-order valence-electron chi connectivity index (χ3n) is 4.33. The van der Waals surface area contributed by atoms with Gasteiger partial charge in [-0.05, 0) is 49.2 Å². The first-order valence-corrected chi connectivity index (χ1v) is 10.8. The molecule has 8 heteroatoms. The minimum absolute atomic E-state index is 0.0494. The van der Waals surface area contributed by atoms with Crippen molar-refractivity contribution in [3.8, 4) is 11.3 Å². The fourth-order valence-electron chi connectivity index (χ4n) is 2.95. The van der Waals surface area contributed by atoms with E-state index in [-0.39, 0.29) is 10.8 Å². The Bertz CT molecular complexity index is 1120. The number of carbonyl (C=O) groups excluding carboxylic acids is 1. The number of amides is 1. The van der Waals surface area contributed by atoms with E-state index in [4.69, 9.17) is 0 Å². The van der Waals surface area contributed by atoms with Gasteiger partial charge in [0.25, 0.3) is 10.0 Å². The van der Waals surface area contributed by atoms with Crippen LogP contribution in [0.4, 0.5) is 11.4 Å². The number of carbonyl (C=O) groups is 1. The molecule has 138 valence electrons. The average Bonchev–Trinajstić information content (AvgIpc) is 3.08. The van der Waals surface area contributed by atoms with Gasteiger partial charge in [0, 0.05) is 28.7 Å². The minimum Gasteiger partial charge on any atom is -0.326 e. The van der Waals surface area contributed by atoms with Crippen molar-refractivity contribution in [2.75, 3.05) is 10.0 Å². The van der Waals surface area contributed by atoms with E-state index in [0.717, 1.165) is 21.8 Å². The lowest BCUT2D eigenvalue weighted by atomic mass is 10.0. The molecule has 0 atom stereocenters. The molecular weight excluding hydrogens is 382 g/mol. The van der Waals surface area contributed by atoms with Gasteiger partial charge in [-0.2, -0.15) is 0 Å². The third-order valence-corrected chi connectivity index (χ3v) is 6.49. The Morgan fingerprint density at radius 1 is 1.11 bits per heavy atom. The molecule has 0 fully saturated rings. The van der Waals surface area contributed by atoms with Crippen LogP contribution >= 0.6 is 11.3 Å². The standard InChI is InChI=1S/C19H17N3O3S2/c1-12-20-18(11-26-12)13-2-5-15(6-3-13)22-27(24,25)16-7-8-17-14(10-16)4-9-19(23)21-17/h2-3,5-8,10-11,22H,4,9H2,1H3,(H,21,23). The maximum Gasteiger partial charge on any atom is 0.261 e. The van der Waals surface area contributed by atoms with Crippen molar-refractivity contribution in [3.05, 3.63) is 58.4 Å². The molecule has 1 aliphatic heterocycles. The van der Waals surface area contributed by atoms with E-state index < -0.39 is 10.0 Å². The quantitative estimate of drug-likeness (QED) is 0.698. The van der Waals surface area contributed by atoms with Gasteiger partial charge in [0.05, 0.1) is 15.6 Å². The van der Waals surface area contributed by atoms with Crippen LogP contribution in [0.3, 0.4) is 0 Å². The lowest BCUT2D eigenvalue weighted by molar-refractivity contribution is -0.116.